The largest absolute Gasteiger partial charge is 0.457 e. The van der Waals surface area contributed by atoms with Crippen molar-refractivity contribution in [2.45, 2.75) is 274 Å². The number of carbonyl (C=O) groups excluding carboxylic acids is 1. The molecular formula is C61H106O14. The number of unbranched alkanes of at least 4 members (excludes halogenated alkanes) is 21. The van der Waals surface area contributed by atoms with Crippen molar-refractivity contribution in [3.8, 4) is 0 Å². The molecule has 14 nitrogen and oxygen atoms in total. The first-order valence-electron chi connectivity index (χ1n) is 29.5. The minimum absolute atomic E-state index is 0.0477. The van der Waals surface area contributed by atoms with Gasteiger partial charge in [0.25, 0.3) is 0 Å². The highest BCUT2D eigenvalue weighted by atomic mass is 16.7. The molecule has 11 unspecified atom stereocenters. The Morgan fingerprint density at radius 3 is 1.37 bits per heavy atom. The summed E-state index contributed by atoms with van der Waals surface area (Å²) >= 11 is 0. The summed E-state index contributed by atoms with van der Waals surface area (Å²) in [5, 5.41) is 72.4. The Kier molecular flexibility index (Phi) is 43.3. The van der Waals surface area contributed by atoms with Crippen LogP contribution in [-0.2, 0) is 33.2 Å². The third-order valence-corrected chi connectivity index (χ3v) is 13.7. The van der Waals surface area contributed by atoms with Crippen LogP contribution in [0.2, 0.25) is 0 Å². The number of hydrogen-bond donors (Lipinski definition) is 7. The molecule has 7 N–H and O–H groups in total. The van der Waals surface area contributed by atoms with Gasteiger partial charge in [0.05, 0.1) is 26.4 Å². The molecule has 14 heteroatoms. The van der Waals surface area contributed by atoms with Crippen LogP contribution >= 0.6 is 0 Å². The van der Waals surface area contributed by atoms with Crippen molar-refractivity contribution < 1.29 is 69.0 Å². The fourth-order valence-electron chi connectivity index (χ4n) is 8.95. The van der Waals surface area contributed by atoms with E-state index >= 15 is 0 Å². The van der Waals surface area contributed by atoms with E-state index in [9.17, 15) is 40.5 Å². The summed E-state index contributed by atoms with van der Waals surface area (Å²) < 4.78 is 34.4. The fraction of sp³-hybridized carbons (Fsp3) is 0.787. The van der Waals surface area contributed by atoms with Gasteiger partial charge in [-0.05, 0) is 83.5 Å². The zero-order valence-corrected chi connectivity index (χ0v) is 46.5. The topological polar surface area (TPSA) is 214 Å². The monoisotopic (exact) mass is 1060 g/mol. The Balaban J connectivity index is 1.72. The Bertz CT molecular complexity index is 1510. The molecular weight excluding hydrogens is 957 g/mol. The van der Waals surface area contributed by atoms with Crippen molar-refractivity contribution in [3.05, 3.63) is 72.9 Å². The van der Waals surface area contributed by atoms with Gasteiger partial charge in [-0.15, -0.1) is 0 Å². The molecule has 0 bridgehead atoms. The maximum Gasteiger partial charge on any atom is 0.306 e. The molecule has 0 aromatic heterocycles. The molecule has 0 radical (unpaired) electrons. The SMILES string of the molecule is CC/C=C\C/C=C\C/C=C\C/C=C\C/C=C\CCCCCCCCOCC(COC1OC(COC2OC(CO)C(O)C(O)C2O)C(O)C(O)C1O)OC(=O)CCCCCCCCCCC/C=C\CCCCCCCC. The molecule has 0 aromatic rings. The van der Waals surface area contributed by atoms with Crippen LogP contribution in [0.3, 0.4) is 0 Å². The number of ether oxygens (including phenoxy) is 6. The molecule has 2 saturated heterocycles. The highest BCUT2D eigenvalue weighted by molar-refractivity contribution is 5.69. The minimum atomic E-state index is -1.71. The van der Waals surface area contributed by atoms with Crippen LogP contribution < -0.4 is 0 Å². The Morgan fingerprint density at radius 1 is 0.453 bits per heavy atom. The summed E-state index contributed by atoms with van der Waals surface area (Å²) in [7, 11) is 0. The number of aliphatic hydroxyl groups excluding tert-OH is 7. The lowest BCUT2D eigenvalue weighted by molar-refractivity contribution is -0.332. The zero-order chi connectivity index (χ0) is 54.4. The molecule has 2 rings (SSSR count). The van der Waals surface area contributed by atoms with Crippen molar-refractivity contribution in [2.75, 3.05) is 33.0 Å². The third-order valence-electron chi connectivity index (χ3n) is 13.7. The predicted molar refractivity (Wildman–Crippen MR) is 298 cm³/mol. The summed E-state index contributed by atoms with van der Waals surface area (Å²) in [5.74, 6) is -0.385. The lowest BCUT2D eigenvalue weighted by Gasteiger charge is -2.42. The maximum atomic E-state index is 13.1. The van der Waals surface area contributed by atoms with Crippen molar-refractivity contribution in [2.24, 2.45) is 0 Å². The number of rotatable bonds is 47. The fourth-order valence-corrected chi connectivity index (χ4v) is 8.95. The Labute approximate surface area is 453 Å². The molecule has 11 atom stereocenters. The van der Waals surface area contributed by atoms with E-state index < -0.39 is 80.7 Å². The number of aliphatic hydroxyl groups is 7. The van der Waals surface area contributed by atoms with Crippen LogP contribution in [0.5, 0.6) is 0 Å². The van der Waals surface area contributed by atoms with E-state index in [1.807, 2.05) is 0 Å². The van der Waals surface area contributed by atoms with Gasteiger partial charge in [0.2, 0.25) is 0 Å². The average Bonchev–Trinajstić information content (AvgIpc) is 3.41. The van der Waals surface area contributed by atoms with E-state index in [-0.39, 0.29) is 25.6 Å². The van der Waals surface area contributed by atoms with Gasteiger partial charge in [-0.1, -0.05) is 189 Å². The van der Waals surface area contributed by atoms with Crippen molar-refractivity contribution in [1.29, 1.82) is 0 Å². The second-order valence-corrected chi connectivity index (χ2v) is 20.4. The predicted octanol–water partition coefficient (Wildman–Crippen LogP) is 10.6. The molecule has 2 aliphatic heterocycles. The summed E-state index contributed by atoms with van der Waals surface area (Å²) in [6.45, 7) is 3.54. The van der Waals surface area contributed by atoms with Gasteiger partial charge < -0.3 is 64.2 Å². The van der Waals surface area contributed by atoms with Crippen LogP contribution in [0.1, 0.15) is 206 Å². The van der Waals surface area contributed by atoms with E-state index in [0.29, 0.717) is 13.0 Å². The second kappa shape index (κ2) is 47.4. The summed E-state index contributed by atoms with van der Waals surface area (Å²) in [5.41, 5.74) is 0. The molecule has 434 valence electrons. The maximum absolute atomic E-state index is 13.1. The quantitative estimate of drug-likeness (QED) is 0.0172. The molecule has 0 amide bonds. The summed E-state index contributed by atoms with van der Waals surface area (Å²) in [6, 6.07) is 0. The Morgan fingerprint density at radius 2 is 0.867 bits per heavy atom. The number of allylic oxidation sites excluding steroid dienone is 12. The highest BCUT2D eigenvalue weighted by Crippen LogP contribution is 2.26. The summed E-state index contributed by atoms with van der Waals surface area (Å²) in [6.07, 6.45) is 43.8. The molecule has 2 aliphatic rings. The molecule has 0 saturated carbocycles. The molecule has 2 fully saturated rings. The molecule has 2 heterocycles. The van der Waals surface area contributed by atoms with E-state index in [1.54, 1.807) is 0 Å². The van der Waals surface area contributed by atoms with E-state index in [0.717, 1.165) is 89.9 Å². The van der Waals surface area contributed by atoms with Crippen LogP contribution in [0, 0.1) is 0 Å². The molecule has 0 aliphatic carbocycles. The van der Waals surface area contributed by atoms with Crippen LogP contribution in [0.4, 0.5) is 0 Å². The van der Waals surface area contributed by atoms with Gasteiger partial charge in [-0.25, -0.2) is 0 Å². The van der Waals surface area contributed by atoms with Gasteiger partial charge in [0, 0.05) is 13.0 Å². The first-order chi connectivity index (χ1) is 36.6. The van der Waals surface area contributed by atoms with E-state index in [2.05, 4.69) is 86.8 Å². The van der Waals surface area contributed by atoms with Crippen molar-refractivity contribution in [1.82, 2.24) is 0 Å². The standard InChI is InChI=1S/C61H106O14/c1-3-5-7-9-11-13-15-17-19-21-23-24-25-27-29-31-33-35-37-39-41-43-45-70-47-50(73-53(63)44-42-40-38-36-34-32-30-28-26-22-20-18-16-14-12-10-8-6-4-2)48-71-60-59(69)57(67)55(65)52(75-60)49-72-61-58(68)56(66)54(64)51(46-62)74-61/h5,7,11,13,17-20,23-24,27,29,50-52,54-62,64-69H,3-4,6,8-10,12,14-16,21-22,25-26,28,30-49H2,1-2H3/b7-5-,13-11-,19-17-,20-18-,24-23-,29-27-. The lowest BCUT2D eigenvalue weighted by Crippen LogP contribution is -2.61. The smallest absolute Gasteiger partial charge is 0.306 e. The normalized spacial score (nSPS) is 25.1. The number of esters is 1. The number of carbonyl (C=O) groups is 1. The highest BCUT2D eigenvalue weighted by Gasteiger charge is 2.47. The zero-order valence-electron chi connectivity index (χ0n) is 46.5. The minimum Gasteiger partial charge on any atom is -0.457 e. The van der Waals surface area contributed by atoms with Crippen LogP contribution in [0.15, 0.2) is 72.9 Å². The first-order valence-corrected chi connectivity index (χ1v) is 29.5. The molecule has 75 heavy (non-hydrogen) atoms. The van der Waals surface area contributed by atoms with Crippen molar-refractivity contribution >= 4 is 5.97 Å². The second-order valence-electron chi connectivity index (χ2n) is 20.4. The molecule has 0 spiro atoms. The third kappa shape index (κ3) is 34.1. The van der Waals surface area contributed by atoms with Crippen LogP contribution in [-0.4, -0.2) is 142 Å². The van der Waals surface area contributed by atoms with Crippen LogP contribution in [0.25, 0.3) is 0 Å². The lowest BCUT2D eigenvalue weighted by atomic mass is 9.98. The van der Waals surface area contributed by atoms with E-state index in [4.69, 9.17) is 28.4 Å². The van der Waals surface area contributed by atoms with Crippen molar-refractivity contribution in [3.63, 3.8) is 0 Å². The van der Waals surface area contributed by atoms with Gasteiger partial charge in [0.15, 0.2) is 12.6 Å². The molecule has 0 aromatic carbocycles. The van der Waals surface area contributed by atoms with Gasteiger partial charge in [-0.2, -0.15) is 0 Å². The summed E-state index contributed by atoms with van der Waals surface area (Å²) in [4.78, 5) is 13.1. The average molecular weight is 1060 g/mol. The first kappa shape index (κ1) is 68.5. The van der Waals surface area contributed by atoms with Gasteiger partial charge >= 0.3 is 5.97 Å². The Hall–Kier alpha value is -2.57. The van der Waals surface area contributed by atoms with Gasteiger partial charge in [0.1, 0.15) is 54.9 Å². The van der Waals surface area contributed by atoms with Gasteiger partial charge in [-0.3, -0.25) is 4.79 Å². The number of hydrogen-bond acceptors (Lipinski definition) is 14. The van der Waals surface area contributed by atoms with E-state index in [1.165, 1.54) is 89.9 Å².